The lowest BCUT2D eigenvalue weighted by Crippen LogP contribution is -2.43. The molecule has 2 N–H and O–H groups in total. The van der Waals surface area contributed by atoms with Crippen molar-refractivity contribution in [2.75, 3.05) is 13.6 Å². The molecule has 22 heavy (non-hydrogen) atoms. The molecule has 0 spiro atoms. The van der Waals surface area contributed by atoms with Crippen LogP contribution in [-0.4, -0.2) is 35.4 Å². The fourth-order valence-corrected chi connectivity index (χ4v) is 2.57. The Balaban J connectivity index is 2.41. The van der Waals surface area contributed by atoms with Crippen molar-refractivity contribution in [1.29, 1.82) is 0 Å². The second-order valence-corrected chi connectivity index (χ2v) is 6.54. The molecule has 0 radical (unpaired) electrons. The van der Waals surface area contributed by atoms with Crippen LogP contribution >= 0.6 is 0 Å². The van der Waals surface area contributed by atoms with Crippen LogP contribution in [0.5, 0.6) is 0 Å². The van der Waals surface area contributed by atoms with Gasteiger partial charge in [0.15, 0.2) is 5.96 Å². The van der Waals surface area contributed by atoms with Gasteiger partial charge < -0.3 is 10.6 Å². The van der Waals surface area contributed by atoms with E-state index in [1.807, 2.05) is 18.8 Å². The highest BCUT2D eigenvalue weighted by atomic mass is 15.3. The standard InChI is InChI=1S/C17H33N5/c1-12(2)8-9-13(3)20-17(18-6)19-11-10-16-14(4)21-22(7)15(16)5/h12-13H,8-11H2,1-7H3,(H2,18,19,20). The molecule has 1 unspecified atom stereocenters. The van der Waals surface area contributed by atoms with E-state index in [4.69, 9.17) is 0 Å². The second kappa shape index (κ2) is 8.81. The fraction of sp³-hybridized carbons (Fsp3) is 0.765. The molecule has 0 bridgehead atoms. The van der Waals surface area contributed by atoms with E-state index in [1.54, 1.807) is 0 Å². The van der Waals surface area contributed by atoms with Crippen molar-refractivity contribution in [1.82, 2.24) is 20.4 Å². The minimum atomic E-state index is 0.440. The maximum atomic E-state index is 4.46. The van der Waals surface area contributed by atoms with Gasteiger partial charge in [-0.3, -0.25) is 9.67 Å². The van der Waals surface area contributed by atoms with Crippen LogP contribution in [0.2, 0.25) is 0 Å². The van der Waals surface area contributed by atoms with E-state index in [9.17, 15) is 0 Å². The average molecular weight is 307 g/mol. The maximum Gasteiger partial charge on any atom is 0.191 e. The van der Waals surface area contributed by atoms with E-state index in [1.165, 1.54) is 24.1 Å². The molecular formula is C17H33N5. The third-order valence-electron chi connectivity index (χ3n) is 4.11. The highest BCUT2D eigenvalue weighted by molar-refractivity contribution is 5.79. The van der Waals surface area contributed by atoms with Gasteiger partial charge in [-0.05, 0) is 51.5 Å². The lowest BCUT2D eigenvalue weighted by molar-refractivity contribution is 0.489. The Hall–Kier alpha value is -1.52. The first kappa shape index (κ1) is 18.5. The van der Waals surface area contributed by atoms with Crippen LogP contribution in [0.4, 0.5) is 0 Å². The summed E-state index contributed by atoms with van der Waals surface area (Å²) in [4.78, 5) is 4.31. The number of aromatic nitrogens is 2. The van der Waals surface area contributed by atoms with Crippen LogP contribution in [0.1, 0.15) is 50.6 Å². The summed E-state index contributed by atoms with van der Waals surface area (Å²) >= 11 is 0. The quantitative estimate of drug-likeness (QED) is 0.601. The summed E-state index contributed by atoms with van der Waals surface area (Å²) in [6, 6.07) is 0.440. The Bertz CT molecular complexity index is 487. The molecule has 1 heterocycles. The van der Waals surface area contributed by atoms with Crippen LogP contribution in [0, 0.1) is 19.8 Å². The molecule has 1 aromatic rings. The first-order valence-electron chi connectivity index (χ1n) is 8.31. The first-order valence-corrected chi connectivity index (χ1v) is 8.31. The lowest BCUT2D eigenvalue weighted by atomic mass is 10.0. The first-order chi connectivity index (χ1) is 10.3. The molecule has 0 amide bonds. The molecule has 126 valence electrons. The van der Waals surface area contributed by atoms with Crippen LogP contribution in [0.25, 0.3) is 0 Å². The molecule has 0 aliphatic carbocycles. The van der Waals surface area contributed by atoms with Gasteiger partial charge in [0.2, 0.25) is 0 Å². The molecule has 5 nitrogen and oxygen atoms in total. The summed E-state index contributed by atoms with van der Waals surface area (Å²) in [6.07, 6.45) is 3.37. The number of hydrogen-bond donors (Lipinski definition) is 2. The van der Waals surface area contributed by atoms with Gasteiger partial charge in [0.1, 0.15) is 0 Å². The van der Waals surface area contributed by atoms with Crippen LogP contribution in [0.15, 0.2) is 4.99 Å². The Labute approximate surface area is 135 Å². The molecule has 5 heteroatoms. The zero-order valence-electron chi connectivity index (χ0n) is 15.3. The van der Waals surface area contributed by atoms with Crippen molar-refractivity contribution in [2.24, 2.45) is 18.0 Å². The summed E-state index contributed by atoms with van der Waals surface area (Å²) in [7, 11) is 3.82. The van der Waals surface area contributed by atoms with Crippen LogP contribution in [-0.2, 0) is 13.5 Å². The van der Waals surface area contributed by atoms with Crippen molar-refractivity contribution in [3.8, 4) is 0 Å². The van der Waals surface area contributed by atoms with Crippen molar-refractivity contribution in [3.05, 3.63) is 17.0 Å². The van der Waals surface area contributed by atoms with E-state index < -0.39 is 0 Å². The van der Waals surface area contributed by atoms with E-state index in [0.717, 1.165) is 30.5 Å². The fourth-order valence-electron chi connectivity index (χ4n) is 2.57. The molecule has 1 atom stereocenters. The van der Waals surface area contributed by atoms with Crippen molar-refractivity contribution in [2.45, 2.75) is 59.9 Å². The van der Waals surface area contributed by atoms with Gasteiger partial charge >= 0.3 is 0 Å². The van der Waals surface area contributed by atoms with Gasteiger partial charge in [0.25, 0.3) is 0 Å². The molecule has 0 saturated heterocycles. The minimum Gasteiger partial charge on any atom is -0.356 e. The Morgan fingerprint density at radius 1 is 1.23 bits per heavy atom. The number of nitrogens with zero attached hydrogens (tertiary/aromatic N) is 3. The Morgan fingerprint density at radius 2 is 1.91 bits per heavy atom. The zero-order chi connectivity index (χ0) is 16.7. The molecule has 1 aromatic heterocycles. The summed E-state index contributed by atoms with van der Waals surface area (Å²) in [5.74, 6) is 1.63. The lowest BCUT2D eigenvalue weighted by Gasteiger charge is -2.18. The monoisotopic (exact) mass is 307 g/mol. The summed E-state index contributed by atoms with van der Waals surface area (Å²) < 4.78 is 1.95. The van der Waals surface area contributed by atoms with Gasteiger partial charge in [0.05, 0.1) is 5.69 Å². The largest absolute Gasteiger partial charge is 0.356 e. The number of nitrogens with one attached hydrogen (secondary N) is 2. The van der Waals surface area contributed by atoms with E-state index in [2.05, 4.69) is 55.3 Å². The van der Waals surface area contributed by atoms with E-state index in [-0.39, 0.29) is 0 Å². The zero-order valence-corrected chi connectivity index (χ0v) is 15.3. The van der Waals surface area contributed by atoms with Gasteiger partial charge in [-0.2, -0.15) is 5.10 Å². The summed E-state index contributed by atoms with van der Waals surface area (Å²) in [5, 5.41) is 11.3. The van der Waals surface area contributed by atoms with E-state index >= 15 is 0 Å². The minimum absolute atomic E-state index is 0.440. The molecule has 0 saturated carbocycles. The molecule has 1 rings (SSSR count). The topological polar surface area (TPSA) is 54.2 Å². The number of rotatable bonds is 7. The highest BCUT2D eigenvalue weighted by Crippen LogP contribution is 2.11. The normalized spacial score (nSPS) is 13.5. The molecule has 0 aromatic carbocycles. The third kappa shape index (κ3) is 5.70. The van der Waals surface area contributed by atoms with E-state index in [0.29, 0.717) is 6.04 Å². The number of aryl methyl sites for hydroxylation is 2. The molecule has 0 fully saturated rings. The Kier molecular flexibility index (Phi) is 7.42. The molecule has 0 aliphatic rings. The van der Waals surface area contributed by atoms with Crippen molar-refractivity contribution in [3.63, 3.8) is 0 Å². The maximum absolute atomic E-state index is 4.46. The molecule has 0 aliphatic heterocycles. The Morgan fingerprint density at radius 3 is 2.41 bits per heavy atom. The summed E-state index contributed by atoms with van der Waals surface area (Å²) in [5.41, 5.74) is 3.70. The van der Waals surface area contributed by atoms with Gasteiger partial charge in [-0.1, -0.05) is 13.8 Å². The van der Waals surface area contributed by atoms with Gasteiger partial charge in [0, 0.05) is 32.4 Å². The van der Waals surface area contributed by atoms with Crippen LogP contribution < -0.4 is 10.6 Å². The van der Waals surface area contributed by atoms with Crippen LogP contribution in [0.3, 0.4) is 0 Å². The third-order valence-corrected chi connectivity index (χ3v) is 4.11. The van der Waals surface area contributed by atoms with Crippen molar-refractivity contribution < 1.29 is 0 Å². The SMILES string of the molecule is CN=C(NCCc1c(C)nn(C)c1C)NC(C)CCC(C)C. The highest BCUT2D eigenvalue weighted by Gasteiger charge is 2.10. The second-order valence-electron chi connectivity index (χ2n) is 6.54. The van der Waals surface area contributed by atoms with Gasteiger partial charge in [-0.15, -0.1) is 0 Å². The van der Waals surface area contributed by atoms with Crippen molar-refractivity contribution >= 4 is 5.96 Å². The number of guanidine groups is 1. The average Bonchev–Trinajstić information content (AvgIpc) is 2.70. The predicted octanol–water partition coefficient (Wildman–Crippen LogP) is 2.57. The smallest absolute Gasteiger partial charge is 0.191 e. The molecular weight excluding hydrogens is 274 g/mol. The predicted molar refractivity (Wildman–Crippen MR) is 94.4 cm³/mol. The number of hydrogen-bond acceptors (Lipinski definition) is 2. The summed E-state index contributed by atoms with van der Waals surface area (Å²) in [6.45, 7) is 11.8. The van der Waals surface area contributed by atoms with Gasteiger partial charge in [-0.25, -0.2) is 0 Å². The number of aliphatic imine (C=N–C) groups is 1.